The summed E-state index contributed by atoms with van der Waals surface area (Å²) in [6.07, 6.45) is 1.15. The highest BCUT2D eigenvalue weighted by Gasteiger charge is 2.12. The van der Waals surface area contributed by atoms with Crippen molar-refractivity contribution in [3.8, 4) is 0 Å². The Balaban J connectivity index is 2.12. The molecular weight excluding hydrogens is 274 g/mol. The number of hydrogen-bond acceptors (Lipinski definition) is 5. The number of carbonyl (C=O) groups excluding carboxylic acids is 1. The fourth-order valence-electron chi connectivity index (χ4n) is 1.70. The summed E-state index contributed by atoms with van der Waals surface area (Å²) in [7, 11) is 0. The maximum atomic E-state index is 11.0. The summed E-state index contributed by atoms with van der Waals surface area (Å²) in [4.78, 5) is 21.4. The molecule has 5 N–H and O–H groups in total. The van der Waals surface area contributed by atoms with Gasteiger partial charge in [0.25, 0.3) is 5.78 Å². The van der Waals surface area contributed by atoms with Crippen LogP contribution in [-0.4, -0.2) is 32.2 Å². The largest absolute Gasteiger partial charge is 0.505 e. The third kappa shape index (κ3) is 3.69. The smallest absolute Gasteiger partial charge is 0.376 e. The molecule has 0 amide bonds. The molecule has 1 heterocycles. The minimum absolute atomic E-state index is 0.107. The molecule has 0 saturated heterocycles. The lowest BCUT2D eigenvalue weighted by Gasteiger charge is -1.99. The number of benzene rings is 1. The van der Waals surface area contributed by atoms with Crippen LogP contribution in [-0.2, 0) is 16.0 Å². The summed E-state index contributed by atoms with van der Waals surface area (Å²) in [5.41, 5.74) is 8.06. The molecule has 1 aromatic carbocycles. The van der Waals surface area contributed by atoms with Crippen molar-refractivity contribution < 1.29 is 19.8 Å². The Morgan fingerprint density at radius 1 is 1.24 bits per heavy atom. The molecule has 7 heteroatoms. The lowest BCUT2D eigenvalue weighted by Crippen LogP contribution is -2.09. The van der Waals surface area contributed by atoms with E-state index in [1.807, 2.05) is 12.1 Å². The van der Waals surface area contributed by atoms with Crippen LogP contribution in [0, 0.1) is 0 Å². The summed E-state index contributed by atoms with van der Waals surface area (Å²) in [6.45, 7) is 0. The van der Waals surface area contributed by atoms with E-state index >= 15 is 0 Å². The van der Waals surface area contributed by atoms with Gasteiger partial charge in [-0.05, 0) is 23.8 Å². The van der Waals surface area contributed by atoms with Gasteiger partial charge in [-0.25, -0.2) is 4.79 Å². The molecule has 1 aromatic heterocycles. The summed E-state index contributed by atoms with van der Waals surface area (Å²) < 4.78 is 0. The number of nitrogens with two attached hydrogens (primary N) is 1. The molecule has 0 saturated carbocycles. The van der Waals surface area contributed by atoms with Crippen molar-refractivity contribution in [2.75, 3.05) is 5.73 Å². The van der Waals surface area contributed by atoms with Gasteiger partial charge in [-0.2, -0.15) is 5.10 Å². The normalized spacial score (nSPS) is 11.3. The van der Waals surface area contributed by atoms with Crippen molar-refractivity contribution in [2.24, 2.45) is 0 Å². The molecule has 0 unspecified atom stereocenters. The van der Waals surface area contributed by atoms with E-state index in [0.29, 0.717) is 23.9 Å². The van der Waals surface area contributed by atoms with Crippen molar-refractivity contribution >= 4 is 23.2 Å². The molecule has 2 rings (SSSR count). The van der Waals surface area contributed by atoms with E-state index in [2.05, 4.69) is 10.2 Å². The van der Waals surface area contributed by atoms with Crippen molar-refractivity contribution in [1.29, 1.82) is 0 Å². The van der Waals surface area contributed by atoms with E-state index in [0.717, 1.165) is 5.56 Å². The first-order valence-electron chi connectivity index (χ1n) is 6.02. The van der Waals surface area contributed by atoms with E-state index in [4.69, 9.17) is 10.8 Å². The van der Waals surface area contributed by atoms with Gasteiger partial charge in [-0.1, -0.05) is 12.1 Å². The molecular formula is C14H13N3O4. The Morgan fingerprint density at radius 2 is 1.90 bits per heavy atom. The van der Waals surface area contributed by atoms with Crippen molar-refractivity contribution in [2.45, 2.75) is 6.42 Å². The molecule has 0 fully saturated rings. The van der Waals surface area contributed by atoms with Crippen LogP contribution in [0.3, 0.4) is 0 Å². The lowest BCUT2D eigenvalue weighted by atomic mass is 10.1. The quantitative estimate of drug-likeness (QED) is 0.282. The number of hydrogen-bond donors (Lipinski definition) is 4. The zero-order valence-electron chi connectivity index (χ0n) is 10.9. The van der Waals surface area contributed by atoms with E-state index in [-0.39, 0.29) is 5.69 Å². The number of nitrogen functional groups attached to an aromatic ring is 1. The predicted octanol–water partition coefficient (Wildman–Crippen LogP) is 1.14. The minimum Gasteiger partial charge on any atom is -0.505 e. The fourth-order valence-corrected chi connectivity index (χ4v) is 1.70. The van der Waals surface area contributed by atoms with Gasteiger partial charge < -0.3 is 15.9 Å². The molecule has 0 spiro atoms. The summed E-state index contributed by atoms with van der Waals surface area (Å²) >= 11 is 0. The average Bonchev–Trinajstić information content (AvgIpc) is 2.90. The first-order valence-corrected chi connectivity index (χ1v) is 6.02. The van der Waals surface area contributed by atoms with Crippen LogP contribution in [0.2, 0.25) is 0 Å². The second-order valence-electron chi connectivity index (χ2n) is 4.40. The van der Waals surface area contributed by atoms with Crippen LogP contribution in [0.1, 0.15) is 17.0 Å². The maximum absolute atomic E-state index is 11.0. The van der Waals surface area contributed by atoms with E-state index in [1.54, 1.807) is 12.1 Å². The molecule has 21 heavy (non-hydrogen) atoms. The number of carboxylic acid groups (broad SMARTS) is 1. The van der Waals surface area contributed by atoms with Gasteiger partial charge in [-0.15, -0.1) is 0 Å². The highest BCUT2D eigenvalue weighted by molar-refractivity contribution is 6.38. The van der Waals surface area contributed by atoms with Crippen LogP contribution in [0.15, 0.2) is 36.4 Å². The van der Waals surface area contributed by atoms with E-state index in [1.165, 1.54) is 6.07 Å². The van der Waals surface area contributed by atoms with Gasteiger partial charge in [-0.3, -0.25) is 9.89 Å². The highest BCUT2D eigenvalue weighted by atomic mass is 16.4. The zero-order valence-corrected chi connectivity index (χ0v) is 10.9. The number of nitrogens with one attached hydrogen (secondary N) is 1. The Labute approximate surface area is 119 Å². The standard InChI is InChI=1S/C14H13N3O4/c15-9-3-1-8(2-4-9)5-10-6-11(17-16-10)12(18)7-13(19)14(20)21/h1-4,6-7,18H,5,15H2,(H,16,17)(H,20,21). The number of H-pyrrole nitrogens is 1. The second-order valence-corrected chi connectivity index (χ2v) is 4.40. The van der Waals surface area contributed by atoms with Crippen molar-refractivity contribution in [3.05, 3.63) is 53.4 Å². The number of carbonyl (C=O) groups is 2. The second kappa shape index (κ2) is 5.91. The minimum atomic E-state index is -1.64. The molecule has 108 valence electrons. The number of aromatic amines is 1. The van der Waals surface area contributed by atoms with Crippen molar-refractivity contribution in [3.63, 3.8) is 0 Å². The molecule has 0 radical (unpaired) electrons. The van der Waals surface area contributed by atoms with E-state index < -0.39 is 17.5 Å². The molecule has 7 nitrogen and oxygen atoms in total. The van der Waals surface area contributed by atoms with Crippen LogP contribution in [0.5, 0.6) is 0 Å². The molecule has 2 aromatic rings. The van der Waals surface area contributed by atoms with Gasteiger partial charge in [0.05, 0.1) is 0 Å². The van der Waals surface area contributed by atoms with Gasteiger partial charge >= 0.3 is 5.97 Å². The van der Waals surface area contributed by atoms with Gasteiger partial charge in [0.2, 0.25) is 0 Å². The number of carboxylic acids is 1. The monoisotopic (exact) mass is 287 g/mol. The van der Waals surface area contributed by atoms with Crippen LogP contribution in [0.4, 0.5) is 5.69 Å². The maximum Gasteiger partial charge on any atom is 0.376 e. The molecule has 0 aliphatic rings. The lowest BCUT2D eigenvalue weighted by molar-refractivity contribution is -0.146. The number of ketones is 1. The number of anilines is 1. The topological polar surface area (TPSA) is 129 Å². The number of aromatic nitrogens is 2. The third-order valence-electron chi connectivity index (χ3n) is 2.75. The fraction of sp³-hybridized carbons (Fsp3) is 0.0714. The summed E-state index contributed by atoms with van der Waals surface area (Å²) in [5.74, 6) is -3.35. The van der Waals surface area contributed by atoms with Crippen LogP contribution < -0.4 is 5.73 Å². The SMILES string of the molecule is Nc1ccc(Cc2cc(C(O)=CC(=O)C(=O)O)n[nH]2)cc1. The molecule has 0 atom stereocenters. The highest BCUT2D eigenvalue weighted by Crippen LogP contribution is 2.14. The van der Waals surface area contributed by atoms with Gasteiger partial charge in [0.15, 0.2) is 0 Å². The number of aliphatic hydroxyl groups is 1. The summed E-state index contributed by atoms with van der Waals surface area (Å²) in [5, 5.41) is 24.6. The van der Waals surface area contributed by atoms with Gasteiger partial charge in [0.1, 0.15) is 11.5 Å². The van der Waals surface area contributed by atoms with Crippen LogP contribution >= 0.6 is 0 Å². The third-order valence-corrected chi connectivity index (χ3v) is 2.75. The van der Waals surface area contributed by atoms with Gasteiger partial charge in [0, 0.05) is 23.9 Å². The molecule has 0 bridgehead atoms. The Bertz CT molecular complexity index is 701. The average molecular weight is 287 g/mol. The number of aliphatic hydroxyl groups excluding tert-OH is 1. The Kier molecular flexibility index (Phi) is 4.03. The zero-order chi connectivity index (χ0) is 15.4. The van der Waals surface area contributed by atoms with E-state index in [9.17, 15) is 14.7 Å². The number of nitrogens with zero attached hydrogens (tertiary/aromatic N) is 1. The molecule has 0 aliphatic heterocycles. The Hall–Kier alpha value is -3.09. The number of aliphatic carboxylic acids is 1. The first-order chi connectivity index (χ1) is 9.95. The number of rotatable bonds is 5. The Morgan fingerprint density at radius 3 is 2.52 bits per heavy atom. The van der Waals surface area contributed by atoms with Crippen LogP contribution in [0.25, 0.3) is 5.76 Å². The van der Waals surface area contributed by atoms with Crippen molar-refractivity contribution in [1.82, 2.24) is 10.2 Å². The molecule has 0 aliphatic carbocycles. The first kappa shape index (κ1) is 14.3. The predicted molar refractivity (Wildman–Crippen MR) is 75.5 cm³/mol. The summed E-state index contributed by atoms with van der Waals surface area (Å²) in [6, 6.07) is 8.81.